The van der Waals surface area contributed by atoms with Crippen LogP contribution in [0.4, 0.5) is 11.6 Å². The van der Waals surface area contributed by atoms with Crippen LogP contribution in [-0.2, 0) is 21.6 Å². The Morgan fingerprint density at radius 2 is 1.55 bits per heavy atom. The number of halogens is 1. The van der Waals surface area contributed by atoms with E-state index in [0.717, 1.165) is 123 Å². The minimum Gasteiger partial charge on any atom is -0.487 e. The first-order valence-corrected chi connectivity index (χ1v) is 24.3. The molecule has 3 aromatic carbocycles. The molecule has 1 unspecified atom stereocenters. The number of benzene rings is 3. The Morgan fingerprint density at radius 3 is 2.27 bits per heavy atom. The van der Waals surface area contributed by atoms with Crippen LogP contribution in [-0.4, -0.2) is 119 Å². The number of carbonyl (C=O) groups excluding carboxylic acids is 4. The summed E-state index contributed by atoms with van der Waals surface area (Å²) in [5.74, 6) is 0.366. The van der Waals surface area contributed by atoms with Gasteiger partial charge < -0.3 is 24.3 Å². The highest BCUT2D eigenvalue weighted by atomic mass is 35.5. The van der Waals surface area contributed by atoms with Gasteiger partial charge in [-0.15, -0.1) is 0 Å². The zero-order valence-corrected chi connectivity index (χ0v) is 39.1. The van der Waals surface area contributed by atoms with E-state index in [4.69, 9.17) is 21.3 Å². The molecule has 4 aromatic rings. The first kappa shape index (κ1) is 44.9. The predicted octanol–water partition coefficient (Wildman–Crippen LogP) is 6.59. The normalized spacial score (nSPS) is 21.9. The molecule has 6 aliphatic heterocycles. The summed E-state index contributed by atoms with van der Waals surface area (Å²) in [6.45, 7) is 14.1. The molecule has 0 aliphatic carbocycles. The van der Waals surface area contributed by atoms with Gasteiger partial charge in [-0.05, 0) is 143 Å². The number of hydrogen-bond donors (Lipinski definition) is 1. The number of likely N-dealkylation sites (tertiary alicyclic amines) is 2. The molecule has 1 atom stereocenters. The van der Waals surface area contributed by atoms with Gasteiger partial charge in [0, 0.05) is 72.9 Å². The summed E-state index contributed by atoms with van der Waals surface area (Å²) in [5, 5.41) is 12.3. The Morgan fingerprint density at radius 1 is 0.821 bits per heavy atom. The van der Waals surface area contributed by atoms with Crippen molar-refractivity contribution in [1.82, 2.24) is 30.0 Å². The number of amides is 4. The smallest absolute Gasteiger partial charge is 0.262 e. The summed E-state index contributed by atoms with van der Waals surface area (Å²) in [6, 6.07) is 22.8. The molecule has 4 amide bonds. The minimum absolute atomic E-state index is 0.106. The molecule has 0 radical (unpaired) electrons. The fourth-order valence-corrected chi connectivity index (χ4v) is 11.6. The van der Waals surface area contributed by atoms with Gasteiger partial charge in [-0.1, -0.05) is 37.6 Å². The lowest BCUT2D eigenvalue weighted by molar-refractivity contribution is -0.136. The van der Waals surface area contributed by atoms with Crippen LogP contribution in [0.25, 0.3) is 0 Å². The maximum atomic E-state index is 13.4. The summed E-state index contributed by atoms with van der Waals surface area (Å²) in [6.07, 6.45) is 9.12. The Hall–Kier alpha value is -5.88. The van der Waals surface area contributed by atoms with Crippen molar-refractivity contribution in [2.75, 3.05) is 68.7 Å². The van der Waals surface area contributed by atoms with Crippen molar-refractivity contribution in [2.24, 2.45) is 11.3 Å². The zero-order valence-electron chi connectivity index (χ0n) is 38.4. The lowest BCUT2D eigenvalue weighted by atomic mass is 9.71. The maximum absolute atomic E-state index is 13.4. The number of ether oxygens (including phenoxy) is 1. The first-order chi connectivity index (χ1) is 32.3. The van der Waals surface area contributed by atoms with Crippen LogP contribution in [0.5, 0.6) is 5.75 Å². The van der Waals surface area contributed by atoms with Crippen LogP contribution in [0, 0.1) is 22.7 Å². The quantitative estimate of drug-likeness (QED) is 0.162. The third kappa shape index (κ3) is 9.13. The molecule has 5 fully saturated rings. The summed E-state index contributed by atoms with van der Waals surface area (Å²) >= 11 is 6.32. The van der Waals surface area contributed by atoms with E-state index in [2.05, 4.69) is 61.9 Å². The molecule has 0 saturated carbocycles. The van der Waals surface area contributed by atoms with Gasteiger partial charge in [0.2, 0.25) is 17.8 Å². The van der Waals surface area contributed by atoms with E-state index >= 15 is 0 Å². The molecule has 5 saturated heterocycles. The summed E-state index contributed by atoms with van der Waals surface area (Å²) in [7, 11) is 0. The van der Waals surface area contributed by atoms with Gasteiger partial charge >= 0.3 is 0 Å². The Labute approximate surface area is 397 Å². The molecular formula is C52H58ClN9O5. The lowest BCUT2D eigenvalue weighted by Gasteiger charge is -2.55. The van der Waals surface area contributed by atoms with Gasteiger partial charge in [-0.3, -0.25) is 29.4 Å². The van der Waals surface area contributed by atoms with Crippen molar-refractivity contribution < 1.29 is 23.9 Å². The number of fused-ring (bicyclic) bond motifs is 1. The number of hydrogen-bond acceptors (Lipinski definition) is 12. The van der Waals surface area contributed by atoms with Gasteiger partial charge in [0.15, 0.2) is 0 Å². The van der Waals surface area contributed by atoms with Crippen molar-refractivity contribution in [3.8, 4) is 11.8 Å². The van der Waals surface area contributed by atoms with Crippen LogP contribution in [0.3, 0.4) is 0 Å². The summed E-state index contributed by atoms with van der Waals surface area (Å²) in [5.41, 5.74) is 5.01. The minimum atomic E-state index is -0.955. The first-order valence-electron chi connectivity index (χ1n) is 23.9. The Bertz CT molecular complexity index is 2600. The largest absolute Gasteiger partial charge is 0.487 e. The summed E-state index contributed by atoms with van der Waals surface area (Å²) < 4.78 is 6.17. The molecule has 7 heterocycles. The van der Waals surface area contributed by atoms with Crippen LogP contribution in [0.15, 0.2) is 72.9 Å². The van der Waals surface area contributed by atoms with E-state index < -0.39 is 23.8 Å². The molecule has 1 aromatic heterocycles. The number of nitrogens with zero attached hydrogens (tertiary/aromatic N) is 8. The highest BCUT2D eigenvalue weighted by Gasteiger charge is 2.48. The highest BCUT2D eigenvalue weighted by Crippen LogP contribution is 2.44. The van der Waals surface area contributed by atoms with Crippen molar-refractivity contribution in [1.29, 1.82) is 5.26 Å². The Kier molecular flexibility index (Phi) is 12.3. The van der Waals surface area contributed by atoms with E-state index in [9.17, 15) is 24.4 Å². The molecule has 67 heavy (non-hydrogen) atoms. The molecule has 10 rings (SSSR count). The van der Waals surface area contributed by atoms with Gasteiger partial charge in [0.05, 0.1) is 28.5 Å². The Balaban J connectivity index is 0.637. The average molecular weight is 925 g/mol. The standard InChI is InChI=1S/C52H58ClN9O5/c1-51(2,37-25-35(29-54)26-38(53)27-37)36-3-6-42(7-4-36)67-31-39-11-18-55-50(56-39)60-21-14-40(15-22-60)59-19-12-34(13-20-59)30-58-23-16-52(17-24-58)32-61(33-52)41-5-8-43-44(28-41)49(66)62(48(43)65)45-9-10-46(63)57-47(45)64/h3-8,11,18,25-28,34,40,45H,9-10,12-17,19-24,30-33H2,1-2H3,(H,57,63,64). The average Bonchev–Trinajstić information content (AvgIpc) is 3.58. The maximum Gasteiger partial charge on any atom is 0.262 e. The SMILES string of the molecule is CC(C)(c1ccc(OCc2ccnc(N3CCC(N4CCC(CN5CCC6(CC5)CN(c5ccc7c(c5)C(=O)N(C5CCC(=O)NC5=O)C7=O)C6)CC4)CC3)n2)cc1)c1cc(Cl)cc(C#N)c1. The lowest BCUT2D eigenvalue weighted by Crippen LogP contribution is -2.60. The van der Waals surface area contributed by atoms with E-state index in [0.29, 0.717) is 34.4 Å². The monoisotopic (exact) mass is 923 g/mol. The fourth-order valence-electron chi connectivity index (χ4n) is 11.3. The second-order valence-electron chi connectivity index (χ2n) is 20.2. The van der Waals surface area contributed by atoms with Crippen molar-refractivity contribution in [3.05, 3.63) is 111 Å². The third-order valence-electron chi connectivity index (χ3n) is 15.6. The molecule has 14 nitrogen and oxygen atoms in total. The number of nitriles is 1. The molecular weight excluding hydrogens is 866 g/mol. The number of piperidine rings is 4. The summed E-state index contributed by atoms with van der Waals surface area (Å²) in [4.78, 5) is 71.3. The van der Waals surface area contributed by atoms with E-state index in [1.54, 1.807) is 12.1 Å². The third-order valence-corrected chi connectivity index (χ3v) is 15.8. The molecule has 348 valence electrons. The van der Waals surface area contributed by atoms with Gasteiger partial charge in [0.1, 0.15) is 18.4 Å². The van der Waals surface area contributed by atoms with Gasteiger partial charge in [-0.2, -0.15) is 5.26 Å². The van der Waals surface area contributed by atoms with Crippen LogP contribution < -0.4 is 19.9 Å². The van der Waals surface area contributed by atoms with Crippen molar-refractivity contribution in [3.63, 3.8) is 0 Å². The molecule has 6 aliphatic rings. The second kappa shape index (κ2) is 18.3. The number of rotatable bonds is 11. The van der Waals surface area contributed by atoms with Crippen LogP contribution >= 0.6 is 11.6 Å². The zero-order chi connectivity index (χ0) is 46.5. The number of anilines is 2. The molecule has 1 N–H and O–H groups in total. The number of carbonyl (C=O) groups is 4. The topological polar surface area (TPSA) is 155 Å². The molecule has 15 heteroatoms. The number of imide groups is 2. The predicted molar refractivity (Wildman–Crippen MR) is 254 cm³/mol. The number of nitrogens with one attached hydrogen (secondary N) is 1. The van der Waals surface area contributed by atoms with E-state index in [1.807, 2.05) is 48.7 Å². The highest BCUT2D eigenvalue weighted by molar-refractivity contribution is 6.30. The van der Waals surface area contributed by atoms with Crippen LogP contribution in [0.2, 0.25) is 5.02 Å². The fraction of sp³-hybridized carbons (Fsp3) is 0.481. The van der Waals surface area contributed by atoms with Crippen molar-refractivity contribution >= 4 is 46.9 Å². The van der Waals surface area contributed by atoms with Gasteiger partial charge in [0.25, 0.3) is 11.8 Å². The van der Waals surface area contributed by atoms with Gasteiger partial charge in [-0.25, -0.2) is 9.97 Å². The van der Waals surface area contributed by atoms with Crippen molar-refractivity contribution in [2.45, 2.75) is 89.3 Å². The van der Waals surface area contributed by atoms with E-state index in [-0.39, 0.29) is 29.6 Å². The second-order valence-corrected chi connectivity index (χ2v) is 20.6. The number of aromatic nitrogens is 2. The molecule has 1 spiro atoms. The van der Waals surface area contributed by atoms with E-state index in [1.165, 1.54) is 19.4 Å². The molecule has 0 bridgehead atoms. The van der Waals surface area contributed by atoms with Crippen LogP contribution in [0.1, 0.15) is 108 Å².